The number of allylic oxidation sites excluding steroid dienone is 2. The maximum Gasteiger partial charge on any atom is 0.252 e. The molecule has 2 aromatic carbocycles. The van der Waals surface area contributed by atoms with Crippen LogP contribution in [0.3, 0.4) is 0 Å². The van der Waals surface area contributed by atoms with E-state index in [-0.39, 0.29) is 5.57 Å². The zero-order chi connectivity index (χ0) is 26.2. The molecule has 3 aromatic rings. The van der Waals surface area contributed by atoms with E-state index in [1.54, 1.807) is 6.20 Å². The van der Waals surface area contributed by atoms with Crippen LogP contribution in [0.15, 0.2) is 84.3 Å². The zero-order valence-electron chi connectivity index (χ0n) is 19.8. The van der Waals surface area contributed by atoms with Crippen LogP contribution in [-0.2, 0) is 14.3 Å². The summed E-state index contributed by atoms with van der Waals surface area (Å²) in [4.78, 5) is 25.9. The summed E-state index contributed by atoms with van der Waals surface area (Å²) in [6.45, 7) is 0.781. The van der Waals surface area contributed by atoms with E-state index in [9.17, 15) is 14.0 Å². The van der Waals surface area contributed by atoms with Gasteiger partial charge in [0.25, 0.3) is 5.91 Å². The van der Waals surface area contributed by atoms with Crippen molar-refractivity contribution in [2.24, 2.45) is 0 Å². The monoisotopic (exact) mass is 517 g/mol. The van der Waals surface area contributed by atoms with Gasteiger partial charge in [0.05, 0.1) is 23.9 Å². The molecule has 0 saturated heterocycles. The number of halogens is 2. The minimum absolute atomic E-state index is 0.176. The molecule has 1 aromatic heterocycles. The van der Waals surface area contributed by atoms with Crippen LogP contribution in [0.1, 0.15) is 5.56 Å². The molecule has 3 heterocycles. The molecule has 0 bridgehead atoms. The lowest BCUT2D eigenvalue weighted by atomic mass is 9.96. The van der Waals surface area contributed by atoms with Gasteiger partial charge in [-0.3, -0.25) is 14.7 Å². The van der Waals surface area contributed by atoms with Crippen LogP contribution in [0.25, 0.3) is 16.5 Å². The van der Waals surface area contributed by atoms with Gasteiger partial charge in [-0.25, -0.2) is 8.78 Å². The number of carbonyl (C=O) groups excluding carboxylic acids is 2. The number of hydrogen-bond donors (Lipinski definition) is 3. The summed E-state index contributed by atoms with van der Waals surface area (Å²) in [6.07, 6.45) is 6.67. The number of H-pyrrole nitrogens is 1. The second-order valence-corrected chi connectivity index (χ2v) is 8.76. The van der Waals surface area contributed by atoms with Gasteiger partial charge in [-0.05, 0) is 48.1 Å². The fourth-order valence-corrected chi connectivity index (χ4v) is 4.80. The number of anilines is 1. The Morgan fingerprint density at radius 1 is 1.21 bits per heavy atom. The van der Waals surface area contributed by atoms with E-state index < -0.39 is 29.7 Å². The number of hydrogen-bond acceptors (Lipinski definition) is 6. The highest BCUT2D eigenvalue weighted by Gasteiger charge is 2.44. The molecular weight excluding hydrogens is 496 g/mol. The van der Waals surface area contributed by atoms with Gasteiger partial charge in [-0.2, -0.15) is 5.10 Å². The van der Waals surface area contributed by atoms with Gasteiger partial charge in [0.15, 0.2) is 6.10 Å². The predicted molar refractivity (Wildman–Crippen MR) is 135 cm³/mol. The SMILES string of the molecule is O=CN/C=C\C=C(\C(=O)NC1C=C(F)C2Oc3cc4cn[nH]c4cc3N3CCOC1=C23)c1ccc(F)cc1. The lowest BCUT2D eigenvalue weighted by Gasteiger charge is -2.44. The molecule has 2 atom stereocenters. The normalized spacial score (nSPS) is 20.3. The van der Waals surface area contributed by atoms with Crippen molar-refractivity contribution in [1.29, 1.82) is 0 Å². The average molecular weight is 517 g/mol. The minimum atomic E-state index is -1.01. The summed E-state index contributed by atoms with van der Waals surface area (Å²) in [5, 5.41) is 13.0. The zero-order valence-corrected chi connectivity index (χ0v) is 19.8. The molecule has 11 heteroatoms. The highest BCUT2D eigenvalue weighted by Crippen LogP contribution is 2.46. The van der Waals surface area contributed by atoms with Crippen LogP contribution in [0.2, 0.25) is 0 Å². The first-order chi connectivity index (χ1) is 18.5. The maximum absolute atomic E-state index is 15.5. The number of nitrogens with one attached hydrogen (secondary N) is 3. The third-order valence-corrected chi connectivity index (χ3v) is 6.49. The molecule has 2 amide bonds. The van der Waals surface area contributed by atoms with Crippen molar-refractivity contribution >= 4 is 34.5 Å². The first kappa shape index (κ1) is 23.5. The van der Waals surface area contributed by atoms with Gasteiger partial charge < -0.3 is 25.0 Å². The quantitative estimate of drug-likeness (QED) is 0.263. The van der Waals surface area contributed by atoms with Gasteiger partial charge in [0.1, 0.15) is 41.5 Å². The third kappa shape index (κ3) is 4.07. The number of rotatable bonds is 6. The molecule has 38 heavy (non-hydrogen) atoms. The molecule has 0 spiro atoms. The van der Waals surface area contributed by atoms with E-state index in [2.05, 4.69) is 20.8 Å². The summed E-state index contributed by atoms with van der Waals surface area (Å²) in [7, 11) is 0. The Morgan fingerprint density at radius 2 is 2.05 bits per heavy atom. The first-order valence-corrected chi connectivity index (χ1v) is 11.8. The Bertz CT molecular complexity index is 1560. The number of ether oxygens (including phenoxy) is 2. The van der Waals surface area contributed by atoms with Crippen molar-refractivity contribution < 1.29 is 27.8 Å². The van der Waals surface area contributed by atoms with Crippen LogP contribution in [0.5, 0.6) is 5.75 Å². The summed E-state index contributed by atoms with van der Waals surface area (Å²) in [6, 6.07) is 8.16. The maximum atomic E-state index is 15.5. The van der Waals surface area contributed by atoms with Crippen molar-refractivity contribution in [2.75, 3.05) is 18.1 Å². The molecule has 6 rings (SSSR count). The Morgan fingerprint density at radius 3 is 2.87 bits per heavy atom. The topological polar surface area (TPSA) is 109 Å². The first-order valence-electron chi connectivity index (χ1n) is 11.8. The van der Waals surface area contributed by atoms with Crippen LogP contribution >= 0.6 is 0 Å². The van der Waals surface area contributed by atoms with Crippen molar-refractivity contribution in [3.63, 3.8) is 0 Å². The number of aromatic amines is 1. The van der Waals surface area contributed by atoms with Gasteiger partial charge in [-0.1, -0.05) is 12.1 Å². The van der Waals surface area contributed by atoms with E-state index in [0.717, 1.165) is 16.6 Å². The highest BCUT2D eigenvalue weighted by molar-refractivity contribution is 6.20. The molecule has 2 unspecified atom stereocenters. The van der Waals surface area contributed by atoms with Crippen molar-refractivity contribution in [3.05, 3.63) is 95.7 Å². The number of nitrogens with zero attached hydrogens (tertiary/aromatic N) is 2. The van der Waals surface area contributed by atoms with E-state index in [4.69, 9.17) is 9.47 Å². The van der Waals surface area contributed by atoms with Crippen LogP contribution in [0, 0.1) is 5.82 Å². The Hall–Kier alpha value is -4.93. The smallest absolute Gasteiger partial charge is 0.252 e. The lowest BCUT2D eigenvalue weighted by molar-refractivity contribution is -0.116. The van der Waals surface area contributed by atoms with E-state index in [1.807, 2.05) is 17.0 Å². The number of benzene rings is 2. The molecule has 9 nitrogen and oxygen atoms in total. The number of fused-ring (bicyclic) bond motifs is 3. The summed E-state index contributed by atoms with van der Waals surface area (Å²) in [5.41, 5.74) is 2.64. The Balaban J connectivity index is 1.35. The second-order valence-electron chi connectivity index (χ2n) is 8.76. The molecule has 2 aliphatic heterocycles. The number of amides is 2. The Labute approximate surface area is 215 Å². The Kier molecular flexibility index (Phi) is 5.87. The second kappa shape index (κ2) is 9.51. The third-order valence-electron chi connectivity index (χ3n) is 6.49. The highest BCUT2D eigenvalue weighted by atomic mass is 19.1. The fourth-order valence-electron chi connectivity index (χ4n) is 4.80. The van der Waals surface area contributed by atoms with Crippen molar-refractivity contribution in [1.82, 2.24) is 20.8 Å². The molecule has 192 valence electrons. The number of aromatic nitrogens is 2. The largest absolute Gasteiger partial charge is 0.492 e. The lowest BCUT2D eigenvalue weighted by Crippen LogP contribution is -2.50. The molecule has 0 radical (unpaired) electrons. The van der Waals surface area contributed by atoms with Gasteiger partial charge in [0, 0.05) is 17.2 Å². The van der Waals surface area contributed by atoms with Crippen LogP contribution < -0.4 is 20.3 Å². The molecule has 1 aliphatic carbocycles. The van der Waals surface area contributed by atoms with Crippen LogP contribution in [0.4, 0.5) is 14.5 Å². The fraction of sp³-hybridized carbons (Fsp3) is 0.148. The van der Waals surface area contributed by atoms with Crippen molar-refractivity contribution in [3.8, 4) is 5.75 Å². The van der Waals surface area contributed by atoms with E-state index in [1.165, 1.54) is 48.7 Å². The van der Waals surface area contributed by atoms with E-state index in [0.29, 0.717) is 42.3 Å². The summed E-state index contributed by atoms with van der Waals surface area (Å²) < 4.78 is 41.0. The van der Waals surface area contributed by atoms with Gasteiger partial charge >= 0.3 is 0 Å². The molecule has 0 fully saturated rings. The standard InChI is InChI=1S/C27H21F2N5O4/c28-17-5-3-15(4-6-17)18(2-1-7-30-14-35)27(36)32-21-11-19(29)25-24-26(21)37-9-8-34(24)22-12-20-16(13-31-33-20)10-23(22)38-25/h1-7,10-14,21,25H,8-9H2,(H,30,35)(H,31,33)(H,32,36)/b7-1-,18-2+. The van der Waals surface area contributed by atoms with Crippen LogP contribution in [-0.4, -0.2) is 47.8 Å². The molecule has 3 aliphatic rings. The van der Waals surface area contributed by atoms with Gasteiger partial charge in [0.2, 0.25) is 6.41 Å². The van der Waals surface area contributed by atoms with E-state index >= 15 is 4.39 Å². The molecule has 0 saturated carbocycles. The van der Waals surface area contributed by atoms with Gasteiger partial charge in [-0.15, -0.1) is 0 Å². The number of carbonyl (C=O) groups is 2. The average Bonchev–Trinajstić information content (AvgIpc) is 3.38. The molecule has 3 N–H and O–H groups in total. The summed E-state index contributed by atoms with van der Waals surface area (Å²) >= 11 is 0. The summed E-state index contributed by atoms with van der Waals surface area (Å²) in [5.74, 6) is -0.669. The minimum Gasteiger partial charge on any atom is -0.492 e. The molecular formula is C27H21F2N5O4. The predicted octanol–water partition coefficient (Wildman–Crippen LogP) is 3.21. The van der Waals surface area contributed by atoms with Crippen molar-refractivity contribution in [2.45, 2.75) is 12.1 Å².